The molecule has 2 aromatic carbocycles. The summed E-state index contributed by atoms with van der Waals surface area (Å²) in [6, 6.07) is 10.4. The first-order valence-corrected chi connectivity index (χ1v) is 13.0. The molecule has 1 fully saturated rings. The number of pyridine rings is 1. The Morgan fingerprint density at radius 1 is 1.11 bits per heavy atom. The summed E-state index contributed by atoms with van der Waals surface area (Å²) in [6.07, 6.45) is 8.06. The van der Waals surface area contributed by atoms with Crippen LogP contribution in [0.4, 0.5) is 5.69 Å². The van der Waals surface area contributed by atoms with Crippen LogP contribution in [0.5, 0.6) is 0 Å². The number of ether oxygens (including phenoxy) is 1. The van der Waals surface area contributed by atoms with Crippen LogP contribution in [0.15, 0.2) is 59.8 Å². The third kappa shape index (κ3) is 4.90. The fraction of sp³-hybridized carbons (Fsp3) is 0.320. The van der Waals surface area contributed by atoms with E-state index < -0.39 is 10.2 Å². The molecule has 1 saturated heterocycles. The van der Waals surface area contributed by atoms with Crippen LogP contribution >= 0.6 is 0 Å². The van der Waals surface area contributed by atoms with E-state index in [-0.39, 0.29) is 18.1 Å². The van der Waals surface area contributed by atoms with Gasteiger partial charge in [0, 0.05) is 61.5 Å². The van der Waals surface area contributed by atoms with Crippen molar-refractivity contribution in [2.75, 3.05) is 24.9 Å². The fourth-order valence-corrected chi connectivity index (χ4v) is 5.30. The van der Waals surface area contributed by atoms with Crippen molar-refractivity contribution in [3.05, 3.63) is 65.2 Å². The molecule has 9 nitrogen and oxygen atoms in total. The van der Waals surface area contributed by atoms with Crippen LogP contribution < -0.4 is 10.2 Å². The third-order valence-electron chi connectivity index (χ3n) is 6.31. The summed E-state index contributed by atoms with van der Waals surface area (Å²) in [5.74, 6) is 0. The van der Waals surface area contributed by atoms with Crippen LogP contribution in [0.1, 0.15) is 19.3 Å². The Morgan fingerprint density at radius 3 is 2.69 bits per heavy atom. The predicted octanol–water partition coefficient (Wildman–Crippen LogP) is 3.31. The molecule has 2 aromatic heterocycles. The minimum absolute atomic E-state index is 0.109. The highest BCUT2D eigenvalue weighted by Gasteiger charge is 2.24. The quantitative estimate of drug-likeness (QED) is 0.442. The Kier molecular flexibility index (Phi) is 6.26. The Hall–Kier alpha value is -3.34. The zero-order valence-corrected chi connectivity index (χ0v) is 20.5. The van der Waals surface area contributed by atoms with Gasteiger partial charge in [-0.15, -0.1) is 0 Å². The molecule has 1 N–H and O–H groups in total. The van der Waals surface area contributed by atoms with Crippen molar-refractivity contribution in [2.45, 2.75) is 25.4 Å². The van der Waals surface area contributed by atoms with Crippen molar-refractivity contribution in [1.82, 2.24) is 19.1 Å². The van der Waals surface area contributed by atoms with Crippen LogP contribution in [-0.4, -0.2) is 53.8 Å². The van der Waals surface area contributed by atoms with Gasteiger partial charge in [-0.25, -0.2) is 0 Å². The molecular weight excluding hydrogens is 466 g/mol. The summed E-state index contributed by atoms with van der Waals surface area (Å²) < 4.78 is 37.1. The Morgan fingerprint density at radius 2 is 1.94 bits per heavy atom. The number of rotatable bonds is 6. The zero-order chi connectivity index (χ0) is 24.6. The number of nitrogens with zero attached hydrogens (tertiary/aromatic N) is 4. The van der Waals surface area contributed by atoms with E-state index in [2.05, 4.69) is 14.8 Å². The molecule has 0 radical (unpaired) electrons. The Balaban J connectivity index is 1.50. The van der Waals surface area contributed by atoms with Crippen LogP contribution in [0, 0.1) is 0 Å². The zero-order valence-electron chi connectivity index (χ0n) is 19.6. The summed E-state index contributed by atoms with van der Waals surface area (Å²) in [7, 11) is -0.461. The molecule has 10 heteroatoms. The largest absolute Gasteiger partial charge is 0.377 e. The molecule has 0 aliphatic carbocycles. The van der Waals surface area contributed by atoms with E-state index in [0.717, 1.165) is 30.4 Å². The molecule has 1 aliphatic heterocycles. The Bertz CT molecular complexity index is 1560. The van der Waals surface area contributed by atoms with Gasteiger partial charge >= 0.3 is 10.2 Å². The van der Waals surface area contributed by atoms with Gasteiger partial charge < -0.3 is 4.74 Å². The van der Waals surface area contributed by atoms with E-state index in [4.69, 9.17) is 4.74 Å². The molecule has 182 valence electrons. The van der Waals surface area contributed by atoms with Gasteiger partial charge in [0.2, 0.25) is 0 Å². The topological polar surface area (TPSA) is 106 Å². The number of likely N-dealkylation sites (N-methyl/N-ethyl adjacent to an activating group) is 1. The van der Waals surface area contributed by atoms with E-state index in [0.29, 0.717) is 34.0 Å². The molecule has 0 saturated carbocycles. The van der Waals surface area contributed by atoms with E-state index >= 15 is 0 Å². The molecule has 3 heterocycles. The summed E-state index contributed by atoms with van der Waals surface area (Å²) in [6.45, 7) is 0.934. The fourth-order valence-electron chi connectivity index (χ4n) is 4.36. The van der Waals surface area contributed by atoms with Crippen molar-refractivity contribution in [1.29, 1.82) is 0 Å². The van der Waals surface area contributed by atoms with Crippen molar-refractivity contribution < 1.29 is 13.2 Å². The average molecular weight is 494 g/mol. The number of aryl methyl sites for hydroxylation is 1. The maximum Gasteiger partial charge on any atom is 0.301 e. The molecule has 35 heavy (non-hydrogen) atoms. The average Bonchev–Trinajstić information content (AvgIpc) is 3.23. The SMILES string of the molecule is CN(C[C@@H]1CCCCO1)S(=O)(=O)Nc1ccc2ccc3ncc(-c4cnn(C)c4)cc3c(=O)c2c1. The standard InChI is InChI=1S/C25H27N5O4S/c1-29-15-19(14-27-29)18-11-23-24(26-13-18)9-7-17-6-8-20(12-22(17)25(23)31)28-35(32,33)30(2)16-21-5-3-4-10-34-21/h6-9,11-15,21,28H,3-5,10,16H2,1-2H3/t21-/m0/s1. The number of hydrogen-bond acceptors (Lipinski definition) is 6. The second-order valence-corrected chi connectivity index (χ2v) is 10.7. The van der Waals surface area contributed by atoms with Gasteiger partial charge in [0.1, 0.15) is 0 Å². The van der Waals surface area contributed by atoms with Crippen molar-refractivity contribution in [3.63, 3.8) is 0 Å². The van der Waals surface area contributed by atoms with Crippen molar-refractivity contribution >= 4 is 37.6 Å². The molecule has 5 rings (SSSR count). The van der Waals surface area contributed by atoms with Gasteiger partial charge in [0.15, 0.2) is 5.43 Å². The minimum atomic E-state index is -3.81. The van der Waals surface area contributed by atoms with Gasteiger partial charge in [-0.3, -0.25) is 19.2 Å². The molecule has 0 unspecified atom stereocenters. The molecule has 0 spiro atoms. The Labute approximate surface area is 203 Å². The molecule has 4 aromatic rings. The number of benzene rings is 1. The molecule has 0 bridgehead atoms. The van der Waals surface area contributed by atoms with Gasteiger partial charge in [0.05, 0.1) is 23.5 Å². The van der Waals surface area contributed by atoms with Gasteiger partial charge in [-0.1, -0.05) is 12.1 Å². The molecule has 1 atom stereocenters. The monoisotopic (exact) mass is 493 g/mol. The van der Waals surface area contributed by atoms with E-state index in [1.54, 1.807) is 47.4 Å². The maximum atomic E-state index is 13.5. The van der Waals surface area contributed by atoms with Gasteiger partial charge in [-0.05, 0) is 48.9 Å². The van der Waals surface area contributed by atoms with Crippen LogP contribution in [0.3, 0.4) is 0 Å². The second-order valence-electron chi connectivity index (χ2n) is 8.90. The van der Waals surface area contributed by atoms with Crippen LogP contribution in [0.25, 0.3) is 32.8 Å². The first-order chi connectivity index (χ1) is 16.8. The lowest BCUT2D eigenvalue weighted by atomic mass is 10.1. The highest BCUT2D eigenvalue weighted by Crippen LogP contribution is 2.24. The van der Waals surface area contributed by atoms with Gasteiger partial charge in [-0.2, -0.15) is 17.8 Å². The van der Waals surface area contributed by atoms with E-state index in [9.17, 15) is 13.2 Å². The highest BCUT2D eigenvalue weighted by atomic mass is 32.2. The predicted molar refractivity (Wildman–Crippen MR) is 136 cm³/mol. The van der Waals surface area contributed by atoms with Crippen molar-refractivity contribution in [3.8, 4) is 11.1 Å². The number of hydrogen-bond donors (Lipinski definition) is 1. The highest BCUT2D eigenvalue weighted by molar-refractivity contribution is 7.90. The normalized spacial score (nSPS) is 16.7. The number of aromatic nitrogens is 3. The first kappa shape index (κ1) is 23.4. The van der Waals surface area contributed by atoms with E-state index in [1.807, 2.05) is 19.3 Å². The number of fused-ring (bicyclic) bond motifs is 2. The first-order valence-electron chi connectivity index (χ1n) is 11.5. The summed E-state index contributed by atoms with van der Waals surface area (Å²) >= 11 is 0. The number of anilines is 1. The maximum absolute atomic E-state index is 13.5. The van der Waals surface area contributed by atoms with Crippen LogP contribution in [-0.2, 0) is 22.0 Å². The van der Waals surface area contributed by atoms with Gasteiger partial charge in [0.25, 0.3) is 0 Å². The molecular formula is C25H27N5O4S. The lowest BCUT2D eigenvalue weighted by molar-refractivity contribution is 0.00865. The van der Waals surface area contributed by atoms with Crippen LogP contribution in [0.2, 0.25) is 0 Å². The van der Waals surface area contributed by atoms with Crippen molar-refractivity contribution in [2.24, 2.45) is 7.05 Å². The smallest absolute Gasteiger partial charge is 0.301 e. The summed E-state index contributed by atoms with van der Waals surface area (Å²) in [5, 5.41) is 5.74. The minimum Gasteiger partial charge on any atom is -0.377 e. The molecule has 1 aliphatic rings. The molecule has 0 amide bonds. The second kappa shape index (κ2) is 9.37. The third-order valence-corrected chi connectivity index (χ3v) is 7.78. The number of nitrogens with one attached hydrogen (secondary N) is 1. The summed E-state index contributed by atoms with van der Waals surface area (Å²) in [4.78, 5) is 18.0. The lowest BCUT2D eigenvalue weighted by Crippen LogP contribution is -2.39. The lowest BCUT2D eigenvalue weighted by Gasteiger charge is -2.27. The van der Waals surface area contributed by atoms with E-state index in [1.165, 1.54) is 11.4 Å². The summed E-state index contributed by atoms with van der Waals surface area (Å²) in [5.41, 5.74) is 2.30.